The Bertz CT molecular complexity index is 357. The molecule has 2 aliphatic heterocycles. The first-order chi connectivity index (χ1) is 8.95. The second kappa shape index (κ2) is 5.85. The molecular formula is C16H24N2. The molecule has 2 heterocycles. The molecule has 18 heavy (non-hydrogen) atoms. The van der Waals surface area contributed by atoms with Crippen LogP contribution in [-0.2, 0) is 0 Å². The molecule has 0 unspecified atom stereocenters. The van der Waals surface area contributed by atoms with Gasteiger partial charge in [0.25, 0.3) is 0 Å². The van der Waals surface area contributed by atoms with Crippen LogP contribution >= 0.6 is 0 Å². The number of nitrogens with one attached hydrogen (secondary N) is 1. The molecule has 1 atom stereocenters. The highest BCUT2D eigenvalue weighted by atomic mass is 15.2. The van der Waals surface area contributed by atoms with E-state index in [1.807, 2.05) is 0 Å². The molecule has 0 radical (unpaired) electrons. The van der Waals surface area contributed by atoms with Gasteiger partial charge in [-0.2, -0.15) is 0 Å². The van der Waals surface area contributed by atoms with Gasteiger partial charge < -0.3 is 5.32 Å². The second-order valence-corrected chi connectivity index (χ2v) is 5.64. The number of likely N-dealkylation sites (tertiary alicyclic amines) is 1. The number of nitrogens with zero attached hydrogens (tertiary/aromatic N) is 1. The lowest BCUT2D eigenvalue weighted by Crippen LogP contribution is -2.46. The zero-order chi connectivity index (χ0) is 12.2. The van der Waals surface area contributed by atoms with Gasteiger partial charge in [0.05, 0.1) is 0 Å². The monoisotopic (exact) mass is 244 g/mol. The largest absolute Gasteiger partial charge is 0.317 e. The Morgan fingerprint density at radius 3 is 2.50 bits per heavy atom. The van der Waals surface area contributed by atoms with Crippen LogP contribution in [0.3, 0.4) is 0 Å². The topological polar surface area (TPSA) is 15.3 Å². The first kappa shape index (κ1) is 12.2. The summed E-state index contributed by atoms with van der Waals surface area (Å²) in [6, 6.07) is 12.6. The van der Waals surface area contributed by atoms with Crippen molar-refractivity contribution in [2.24, 2.45) is 0 Å². The third-order valence-corrected chi connectivity index (χ3v) is 4.51. The lowest BCUT2D eigenvalue weighted by Gasteiger charge is -2.43. The number of piperidine rings is 2. The quantitative estimate of drug-likeness (QED) is 0.860. The second-order valence-electron chi connectivity index (χ2n) is 5.64. The van der Waals surface area contributed by atoms with Crippen LogP contribution in [0.5, 0.6) is 0 Å². The number of hydrogen-bond donors (Lipinski definition) is 1. The molecule has 0 saturated carbocycles. The maximum absolute atomic E-state index is 3.48. The smallest absolute Gasteiger partial charge is 0.0351 e. The Morgan fingerprint density at radius 1 is 0.944 bits per heavy atom. The van der Waals surface area contributed by atoms with Crippen molar-refractivity contribution < 1.29 is 0 Å². The van der Waals surface area contributed by atoms with E-state index >= 15 is 0 Å². The van der Waals surface area contributed by atoms with E-state index in [-0.39, 0.29) is 0 Å². The van der Waals surface area contributed by atoms with Crippen molar-refractivity contribution in [2.75, 3.05) is 19.6 Å². The summed E-state index contributed by atoms with van der Waals surface area (Å²) >= 11 is 0. The van der Waals surface area contributed by atoms with Gasteiger partial charge in [-0.3, -0.25) is 4.90 Å². The van der Waals surface area contributed by atoms with Crippen LogP contribution in [0.15, 0.2) is 30.3 Å². The number of hydrogen-bond acceptors (Lipinski definition) is 2. The van der Waals surface area contributed by atoms with Crippen LogP contribution in [0.1, 0.15) is 43.7 Å². The summed E-state index contributed by atoms with van der Waals surface area (Å²) in [5, 5.41) is 3.48. The fraction of sp³-hybridized carbons (Fsp3) is 0.625. The van der Waals surface area contributed by atoms with Gasteiger partial charge in [-0.1, -0.05) is 36.8 Å². The van der Waals surface area contributed by atoms with E-state index in [0.717, 1.165) is 6.04 Å². The summed E-state index contributed by atoms with van der Waals surface area (Å²) in [6.45, 7) is 3.69. The SMILES string of the molecule is c1ccc([C@@H]2CCCCN2C2CCNCC2)cc1. The van der Waals surface area contributed by atoms with E-state index in [1.54, 1.807) is 0 Å². The van der Waals surface area contributed by atoms with Gasteiger partial charge in [0, 0.05) is 12.1 Å². The predicted octanol–water partition coefficient (Wildman–Crippen LogP) is 2.97. The molecule has 2 saturated heterocycles. The third kappa shape index (κ3) is 2.60. The van der Waals surface area contributed by atoms with Gasteiger partial charge in [-0.15, -0.1) is 0 Å². The van der Waals surface area contributed by atoms with Crippen molar-refractivity contribution in [1.82, 2.24) is 10.2 Å². The van der Waals surface area contributed by atoms with Crippen molar-refractivity contribution in [2.45, 2.75) is 44.2 Å². The van der Waals surface area contributed by atoms with E-state index in [9.17, 15) is 0 Å². The van der Waals surface area contributed by atoms with E-state index in [0.29, 0.717) is 6.04 Å². The Labute approximate surface area is 110 Å². The van der Waals surface area contributed by atoms with Crippen molar-refractivity contribution in [3.05, 3.63) is 35.9 Å². The Hall–Kier alpha value is -0.860. The fourth-order valence-corrected chi connectivity index (χ4v) is 3.56. The van der Waals surface area contributed by atoms with Gasteiger partial charge in [0.15, 0.2) is 0 Å². The van der Waals surface area contributed by atoms with Gasteiger partial charge in [-0.05, 0) is 50.9 Å². The summed E-state index contributed by atoms with van der Waals surface area (Å²) in [5.74, 6) is 0. The Balaban J connectivity index is 1.77. The molecular weight excluding hydrogens is 220 g/mol. The van der Waals surface area contributed by atoms with Crippen molar-refractivity contribution >= 4 is 0 Å². The Morgan fingerprint density at radius 2 is 1.72 bits per heavy atom. The highest BCUT2D eigenvalue weighted by molar-refractivity contribution is 5.19. The average molecular weight is 244 g/mol. The van der Waals surface area contributed by atoms with E-state index in [2.05, 4.69) is 40.5 Å². The zero-order valence-electron chi connectivity index (χ0n) is 11.1. The van der Waals surface area contributed by atoms with Crippen LogP contribution in [0, 0.1) is 0 Å². The van der Waals surface area contributed by atoms with E-state index in [4.69, 9.17) is 0 Å². The minimum atomic E-state index is 0.669. The summed E-state index contributed by atoms with van der Waals surface area (Å²) in [6.07, 6.45) is 6.76. The molecule has 0 aliphatic carbocycles. The summed E-state index contributed by atoms with van der Waals surface area (Å²) in [7, 11) is 0. The molecule has 1 aromatic carbocycles. The fourth-order valence-electron chi connectivity index (χ4n) is 3.56. The van der Waals surface area contributed by atoms with Gasteiger partial charge in [0.1, 0.15) is 0 Å². The predicted molar refractivity (Wildman–Crippen MR) is 75.6 cm³/mol. The van der Waals surface area contributed by atoms with Crippen molar-refractivity contribution in [3.8, 4) is 0 Å². The third-order valence-electron chi connectivity index (χ3n) is 4.51. The lowest BCUT2D eigenvalue weighted by atomic mass is 9.91. The van der Waals surface area contributed by atoms with Crippen LogP contribution < -0.4 is 5.32 Å². The highest BCUT2D eigenvalue weighted by Gasteiger charge is 2.30. The number of rotatable bonds is 2. The molecule has 2 heteroatoms. The molecule has 0 bridgehead atoms. The molecule has 1 N–H and O–H groups in total. The minimum absolute atomic E-state index is 0.669. The molecule has 2 nitrogen and oxygen atoms in total. The molecule has 0 amide bonds. The molecule has 0 spiro atoms. The molecule has 98 valence electrons. The average Bonchev–Trinajstić information content (AvgIpc) is 2.49. The van der Waals surface area contributed by atoms with Crippen LogP contribution in [0.4, 0.5) is 0 Å². The maximum Gasteiger partial charge on any atom is 0.0351 e. The van der Waals surface area contributed by atoms with Crippen molar-refractivity contribution in [3.63, 3.8) is 0 Å². The summed E-state index contributed by atoms with van der Waals surface area (Å²) in [5.41, 5.74) is 1.52. The first-order valence-corrected chi connectivity index (χ1v) is 7.46. The normalized spacial score (nSPS) is 27.2. The van der Waals surface area contributed by atoms with Gasteiger partial charge >= 0.3 is 0 Å². The first-order valence-electron chi connectivity index (χ1n) is 7.46. The van der Waals surface area contributed by atoms with E-state index in [1.165, 1.54) is 57.3 Å². The van der Waals surface area contributed by atoms with Crippen molar-refractivity contribution in [1.29, 1.82) is 0 Å². The van der Waals surface area contributed by atoms with Gasteiger partial charge in [-0.25, -0.2) is 0 Å². The standard InChI is InChI=1S/C16H24N2/c1-2-6-14(7-3-1)16-8-4-5-13-18(16)15-9-11-17-12-10-15/h1-3,6-7,15-17H,4-5,8-13H2/t16-/m0/s1. The van der Waals surface area contributed by atoms with Crippen LogP contribution in [0.25, 0.3) is 0 Å². The molecule has 2 aliphatic rings. The maximum atomic E-state index is 3.48. The molecule has 2 fully saturated rings. The van der Waals surface area contributed by atoms with E-state index < -0.39 is 0 Å². The molecule has 1 aromatic rings. The van der Waals surface area contributed by atoms with Crippen LogP contribution in [0.2, 0.25) is 0 Å². The lowest BCUT2D eigenvalue weighted by molar-refractivity contribution is 0.0760. The van der Waals surface area contributed by atoms with Crippen LogP contribution in [-0.4, -0.2) is 30.6 Å². The molecule has 3 rings (SSSR count). The zero-order valence-corrected chi connectivity index (χ0v) is 11.1. The molecule has 0 aromatic heterocycles. The number of benzene rings is 1. The highest BCUT2D eigenvalue weighted by Crippen LogP contribution is 2.34. The Kier molecular flexibility index (Phi) is 3.96. The summed E-state index contributed by atoms with van der Waals surface area (Å²) < 4.78 is 0. The minimum Gasteiger partial charge on any atom is -0.317 e. The van der Waals surface area contributed by atoms with Gasteiger partial charge in [0.2, 0.25) is 0 Å². The summed E-state index contributed by atoms with van der Waals surface area (Å²) in [4.78, 5) is 2.79.